The highest BCUT2D eigenvalue weighted by Gasteiger charge is 2.30. The summed E-state index contributed by atoms with van der Waals surface area (Å²) in [5.74, 6) is 0.725. The zero-order valence-corrected chi connectivity index (χ0v) is 24.3. The first kappa shape index (κ1) is 30.6. The minimum atomic E-state index is -4.34. The van der Waals surface area contributed by atoms with E-state index < -0.39 is 11.7 Å². The number of carbonyl (C=O) groups is 2. The van der Waals surface area contributed by atoms with E-state index in [4.69, 9.17) is 4.74 Å². The van der Waals surface area contributed by atoms with Crippen LogP contribution in [0.3, 0.4) is 0 Å². The van der Waals surface area contributed by atoms with Crippen molar-refractivity contribution in [2.24, 2.45) is 5.92 Å². The number of hydrogen-bond acceptors (Lipinski definition) is 5. The third-order valence-corrected chi connectivity index (χ3v) is 8.27. The lowest BCUT2D eigenvalue weighted by Crippen LogP contribution is -2.48. The van der Waals surface area contributed by atoms with Gasteiger partial charge in [0.15, 0.2) is 0 Å². The molecule has 0 bridgehead atoms. The smallest absolute Gasteiger partial charge is 0.416 e. The van der Waals surface area contributed by atoms with Gasteiger partial charge in [-0.05, 0) is 85.6 Å². The molecule has 10 heteroatoms. The van der Waals surface area contributed by atoms with Crippen LogP contribution in [-0.2, 0) is 24.1 Å². The average molecular weight is 595 g/mol. The van der Waals surface area contributed by atoms with Gasteiger partial charge in [0.1, 0.15) is 5.75 Å². The minimum absolute atomic E-state index is 0.00680. The number of nitrogens with zero attached hydrogens (tertiary/aromatic N) is 3. The van der Waals surface area contributed by atoms with Gasteiger partial charge in [0, 0.05) is 56.4 Å². The highest BCUT2D eigenvalue weighted by Crippen LogP contribution is 2.29. The average Bonchev–Trinajstić information content (AvgIpc) is 3.02. The molecular formula is C33H37F3N4O3. The molecule has 2 saturated heterocycles. The fourth-order valence-corrected chi connectivity index (χ4v) is 5.63. The van der Waals surface area contributed by atoms with Crippen molar-refractivity contribution in [1.29, 1.82) is 0 Å². The Kier molecular flexibility index (Phi) is 9.67. The summed E-state index contributed by atoms with van der Waals surface area (Å²) >= 11 is 0. The van der Waals surface area contributed by atoms with E-state index in [0.29, 0.717) is 44.0 Å². The zero-order chi connectivity index (χ0) is 30.4. The maximum Gasteiger partial charge on any atom is 0.416 e. The van der Waals surface area contributed by atoms with Gasteiger partial charge in [-0.15, -0.1) is 0 Å². The Morgan fingerprint density at radius 3 is 1.84 bits per heavy atom. The molecule has 0 saturated carbocycles. The predicted octanol–water partition coefficient (Wildman–Crippen LogP) is 5.52. The maximum absolute atomic E-state index is 13.1. The summed E-state index contributed by atoms with van der Waals surface area (Å²) < 4.78 is 43.6. The van der Waals surface area contributed by atoms with Crippen molar-refractivity contribution in [2.45, 2.75) is 32.1 Å². The molecular weight excluding hydrogens is 557 g/mol. The molecule has 2 aliphatic rings. The molecule has 3 aromatic carbocycles. The molecule has 2 fully saturated rings. The number of halogens is 3. The normalized spacial score (nSPS) is 17.1. The molecule has 0 spiro atoms. The van der Waals surface area contributed by atoms with E-state index in [9.17, 15) is 22.8 Å². The van der Waals surface area contributed by atoms with Crippen LogP contribution in [-0.4, -0.2) is 72.9 Å². The van der Waals surface area contributed by atoms with Crippen LogP contribution in [0.1, 0.15) is 39.9 Å². The van der Waals surface area contributed by atoms with Crippen LogP contribution in [0.5, 0.6) is 5.75 Å². The first-order valence-corrected chi connectivity index (χ1v) is 14.6. The number of hydrogen-bond donors (Lipinski definition) is 1. The van der Waals surface area contributed by atoms with Crippen molar-refractivity contribution in [3.8, 4) is 5.75 Å². The van der Waals surface area contributed by atoms with Crippen molar-refractivity contribution in [1.82, 2.24) is 14.7 Å². The highest BCUT2D eigenvalue weighted by molar-refractivity contribution is 5.96. The van der Waals surface area contributed by atoms with Gasteiger partial charge in [-0.2, -0.15) is 13.2 Å². The van der Waals surface area contributed by atoms with E-state index in [1.165, 1.54) is 17.7 Å². The Morgan fingerprint density at radius 2 is 1.30 bits per heavy atom. The van der Waals surface area contributed by atoms with Crippen LogP contribution in [0.25, 0.3) is 0 Å². The lowest BCUT2D eigenvalue weighted by atomic mass is 9.95. The van der Waals surface area contributed by atoms with Crippen molar-refractivity contribution in [3.63, 3.8) is 0 Å². The first-order valence-electron chi connectivity index (χ1n) is 14.6. The van der Waals surface area contributed by atoms with E-state index in [1.807, 2.05) is 12.1 Å². The Labute approximate surface area is 250 Å². The van der Waals surface area contributed by atoms with E-state index >= 15 is 0 Å². The molecule has 0 radical (unpaired) electrons. The quantitative estimate of drug-likeness (QED) is 0.372. The largest absolute Gasteiger partial charge is 0.497 e. The number of alkyl halides is 3. The number of amides is 2. The number of carbonyl (C=O) groups excluding carboxylic acids is 2. The number of piperazine rings is 1. The fourth-order valence-electron chi connectivity index (χ4n) is 5.63. The monoisotopic (exact) mass is 594 g/mol. The molecule has 2 aliphatic heterocycles. The van der Waals surface area contributed by atoms with Gasteiger partial charge in [0.2, 0.25) is 5.91 Å². The SMILES string of the molecule is COc1ccc(CN2CCC(C(=O)Nc3ccc(C(=O)N4CCN(Cc5ccc(C(F)(F)F)cc5)CC4)cc3)CC2)cc1. The number of ether oxygens (including phenoxy) is 1. The van der Waals surface area contributed by atoms with Crippen LogP contribution in [0, 0.1) is 5.92 Å². The van der Waals surface area contributed by atoms with Gasteiger partial charge in [-0.3, -0.25) is 19.4 Å². The third-order valence-electron chi connectivity index (χ3n) is 8.27. The summed E-state index contributed by atoms with van der Waals surface area (Å²) in [5, 5.41) is 3.01. The van der Waals surface area contributed by atoms with E-state index in [2.05, 4.69) is 27.2 Å². The maximum atomic E-state index is 13.1. The molecule has 0 aliphatic carbocycles. The molecule has 1 N–H and O–H groups in total. The van der Waals surface area contributed by atoms with E-state index in [1.54, 1.807) is 36.3 Å². The van der Waals surface area contributed by atoms with E-state index in [-0.39, 0.29) is 17.7 Å². The third kappa shape index (κ3) is 8.14. The van der Waals surface area contributed by atoms with E-state index in [0.717, 1.165) is 55.9 Å². The lowest BCUT2D eigenvalue weighted by molar-refractivity contribution is -0.137. The van der Waals surface area contributed by atoms with Gasteiger partial charge in [-0.1, -0.05) is 24.3 Å². The second kappa shape index (κ2) is 13.6. The molecule has 2 heterocycles. The van der Waals surface area contributed by atoms with Gasteiger partial charge in [0.25, 0.3) is 5.91 Å². The van der Waals surface area contributed by atoms with Crippen molar-refractivity contribution in [2.75, 3.05) is 51.7 Å². The van der Waals surface area contributed by atoms with Crippen molar-refractivity contribution < 1.29 is 27.5 Å². The Balaban J connectivity index is 1.04. The van der Waals surface area contributed by atoms with Crippen LogP contribution in [0.4, 0.5) is 18.9 Å². The van der Waals surface area contributed by atoms with Gasteiger partial charge < -0.3 is 15.0 Å². The number of piperidine rings is 1. The molecule has 0 atom stereocenters. The Bertz CT molecular complexity index is 1360. The Hall–Kier alpha value is -3.89. The lowest BCUT2D eigenvalue weighted by Gasteiger charge is -2.35. The summed E-state index contributed by atoms with van der Waals surface area (Å²) in [6, 6.07) is 20.3. The molecule has 2 amide bonds. The second-order valence-electron chi connectivity index (χ2n) is 11.2. The molecule has 7 nitrogen and oxygen atoms in total. The van der Waals surface area contributed by atoms with Gasteiger partial charge >= 0.3 is 6.18 Å². The zero-order valence-electron chi connectivity index (χ0n) is 24.3. The summed E-state index contributed by atoms with van der Waals surface area (Å²) in [6.07, 6.45) is -2.75. The number of benzene rings is 3. The first-order chi connectivity index (χ1) is 20.7. The summed E-state index contributed by atoms with van der Waals surface area (Å²) in [6.45, 7) is 5.45. The highest BCUT2D eigenvalue weighted by atomic mass is 19.4. The Morgan fingerprint density at radius 1 is 0.767 bits per heavy atom. The molecule has 43 heavy (non-hydrogen) atoms. The fraction of sp³-hybridized carbons (Fsp3) is 0.394. The summed E-state index contributed by atoms with van der Waals surface area (Å²) in [7, 11) is 1.66. The summed E-state index contributed by atoms with van der Waals surface area (Å²) in [4.78, 5) is 32.3. The molecule has 228 valence electrons. The van der Waals surface area contributed by atoms with Gasteiger partial charge in [0.05, 0.1) is 12.7 Å². The molecule has 5 rings (SSSR count). The number of methoxy groups -OCH3 is 1. The minimum Gasteiger partial charge on any atom is -0.497 e. The standard InChI is InChI=1S/C33H37F3N4O3/c1-43-30-12-4-25(5-13-30)22-38-16-14-26(15-17-38)31(41)37-29-10-6-27(7-11-29)32(42)40-20-18-39(19-21-40)23-24-2-8-28(9-3-24)33(34,35)36/h2-13,26H,14-23H2,1H3,(H,37,41). The van der Waals surface area contributed by atoms with Crippen molar-refractivity contribution in [3.05, 3.63) is 95.1 Å². The number of likely N-dealkylation sites (tertiary alicyclic amines) is 1. The van der Waals surface area contributed by atoms with Crippen LogP contribution in [0.2, 0.25) is 0 Å². The van der Waals surface area contributed by atoms with Crippen LogP contribution in [0.15, 0.2) is 72.8 Å². The van der Waals surface area contributed by atoms with Crippen LogP contribution < -0.4 is 10.1 Å². The molecule has 3 aromatic rings. The van der Waals surface area contributed by atoms with Crippen LogP contribution >= 0.6 is 0 Å². The second-order valence-corrected chi connectivity index (χ2v) is 11.2. The topological polar surface area (TPSA) is 65.1 Å². The molecule has 0 unspecified atom stereocenters. The van der Waals surface area contributed by atoms with Gasteiger partial charge in [-0.25, -0.2) is 0 Å². The number of nitrogens with one attached hydrogen (secondary N) is 1. The van der Waals surface area contributed by atoms with Crippen molar-refractivity contribution >= 4 is 17.5 Å². The summed E-state index contributed by atoms with van der Waals surface area (Å²) in [5.41, 5.74) is 2.60. The number of rotatable bonds is 8. The number of anilines is 1. The predicted molar refractivity (Wildman–Crippen MR) is 159 cm³/mol. The molecule has 0 aromatic heterocycles.